The van der Waals surface area contributed by atoms with Gasteiger partial charge in [0.25, 0.3) is 0 Å². The highest BCUT2D eigenvalue weighted by atomic mass is 16.1. The number of pyridine rings is 1. The van der Waals surface area contributed by atoms with Crippen LogP contribution in [-0.4, -0.2) is 16.8 Å². The van der Waals surface area contributed by atoms with Gasteiger partial charge in [0.1, 0.15) is 5.82 Å². The Hall–Kier alpha value is -2.16. The summed E-state index contributed by atoms with van der Waals surface area (Å²) < 4.78 is 0. The number of unbranched alkanes of at least 4 members (excludes halogenated alkanes) is 1. The average Bonchev–Trinajstić information content (AvgIpc) is 2.60. The SMILES string of the molecule is CCCCC(CCC)Nc1ncccc1C(=O)c1cccc(C)c1. The number of ketones is 1. The van der Waals surface area contributed by atoms with Crippen LogP contribution in [-0.2, 0) is 0 Å². The number of nitrogens with one attached hydrogen (secondary N) is 1. The van der Waals surface area contributed by atoms with Crippen molar-refractivity contribution in [3.05, 3.63) is 59.3 Å². The van der Waals surface area contributed by atoms with E-state index in [0.29, 0.717) is 23.0 Å². The summed E-state index contributed by atoms with van der Waals surface area (Å²) in [6, 6.07) is 11.8. The van der Waals surface area contributed by atoms with E-state index in [2.05, 4.69) is 24.1 Å². The largest absolute Gasteiger partial charge is 0.367 e. The monoisotopic (exact) mass is 324 g/mol. The third-order valence-electron chi connectivity index (χ3n) is 4.22. The fourth-order valence-electron chi connectivity index (χ4n) is 2.93. The molecule has 1 N–H and O–H groups in total. The number of carbonyl (C=O) groups is 1. The van der Waals surface area contributed by atoms with Gasteiger partial charge in [-0.3, -0.25) is 4.79 Å². The molecule has 0 amide bonds. The van der Waals surface area contributed by atoms with Crippen LogP contribution in [0.25, 0.3) is 0 Å². The predicted octanol–water partition coefficient (Wildman–Crippen LogP) is 5.39. The van der Waals surface area contributed by atoms with Crippen LogP contribution in [0.3, 0.4) is 0 Å². The molecule has 1 atom stereocenters. The number of rotatable bonds is 9. The lowest BCUT2D eigenvalue weighted by Crippen LogP contribution is -2.22. The number of aryl methyl sites for hydroxylation is 1. The Morgan fingerprint density at radius 2 is 1.96 bits per heavy atom. The van der Waals surface area contributed by atoms with Crippen molar-refractivity contribution in [1.29, 1.82) is 0 Å². The standard InChI is InChI=1S/C21H28N2O/c1-4-6-12-18(9-5-2)23-21-19(13-8-14-22-21)20(24)17-11-7-10-16(3)15-17/h7-8,10-11,13-15,18H,4-6,9,12H2,1-3H3,(H,22,23). The van der Waals surface area contributed by atoms with E-state index < -0.39 is 0 Å². The Morgan fingerprint density at radius 3 is 2.67 bits per heavy atom. The summed E-state index contributed by atoms with van der Waals surface area (Å²) in [6.45, 7) is 6.40. The highest BCUT2D eigenvalue weighted by Crippen LogP contribution is 2.20. The molecule has 1 heterocycles. The second-order valence-corrected chi connectivity index (χ2v) is 6.37. The zero-order valence-corrected chi connectivity index (χ0v) is 15.0. The fourth-order valence-corrected chi connectivity index (χ4v) is 2.93. The van der Waals surface area contributed by atoms with Gasteiger partial charge in [-0.1, -0.05) is 56.9 Å². The van der Waals surface area contributed by atoms with Gasteiger partial charge >= 0.3 is 0 Å². The van der Waals surface area contributed by atoms with Crippen molar-refractivity contribution in [1.82, 2.24) is 4.98 Å². The van der Waals surface area contributed by atoms with Gasteiger partial charge in [-0.2, -0.15) is 0 Å². The van der Waals surface area contributed by atoms with Crippen molar-refractivity contribution < 1.29 is 4.79 Å². The molecule has 24 heavy (non-hydrogen) atoms. The Morgan fingerprint density at radius 1 is 1.12 bits per heavy atom. The van der Waals surface area contributed by atoms with Crippen LogP contribution in [0.2, 0.25) is 0 Å². The van der Waals surface area contributed by atoms with Crippen molar-refractivity contribution in [3.8, 4) is 0 Å². The number of carbonyl (C=O) groups excluding carboxylic acids is 1. The molecule has 1 aromatic heterocycles. The minimum Gasteiger partial charge on any atom is -0.367 e. The molecule has 0 saturated heterocycles. The fraction of sp³-hybridized carbons (Fsp3) is 0.429. The molecular formula is C21H28N2O. The third-order valence-corrected chi connectivity index (χ3v) is 4.22. The summed E-state index contributed by atoms with van der Waals surface area (Å²) in [5.74, 6) is 0.735. The topological polar surface area (TPSA) is 42.0 Å². The van der Waals surface area contributed by atoms with Crippen LogP contribution < -0.4 is 5.32 Å². The first-order valence-corrected chi connectivity index (χ1v) is 8.98. The highest BCUT2D eigenvalue weighted by Gasteiger charge is 2.17. The van der Waals surface area contributed by atoms with Crippen molar-refractivity contribution >= 4 is 11.6 Å². The van der Waals surface area contributed by atoms with Crippen molar-refractivity contribution in [2.24, 2.45) is 0 Å². The van der Waals surface area contributed by atoms with Gasteiger partial charge in [0.15, 0.2) is 5.78 Å². The van der Waals surface area contributed by atoms with Gasteiger partial charge in [0.2, 0.25) is 0 Å². The van der Waals surface area contributed by atoms with Gasteiger partial charge in [-0.25, -0.2) is 4.98 Å². The Balaban J connectivity index is 2.24. The molecule has 3 heteroatoms. The first-order valence-electron chi connectivity index (χ1n) is 8.98. The second kappa shape index (κ2) is 9.21. The van der Waals surface area contributed by atoms with E-state index in [9.17, 15) is 4.79 Å². The number of anilines is 1. The zero-order chi connectivity index (χ0) is 17.4. The van der Waals surface area contributed by atoms with E-state index in [-0.39, 0.29) is 5.78 Å². The number of nitrogens with zero attached hydrogens (tertiary/aromatic N) is 1. The predicted molar refractivity (Wildman–Crippen MR) is 101 cm³/mol. The molecule has 0 aliphatic heterocycles. The van der Waals surface area contributed by atoms with Crippen LogP contribution in [0.15, 0.2) is 42.6 Å². The summed E-state index contributed by atoms with van der Waals surface area (Å²) in [5, 5.41) is 3.52. The average molecular weight is 324 g/mol. The molecular weight excluding hydrogens is 296 g/mol. The van der Waals surface area contributed by atoms with Crippen molar-refractivity contribution in [2.45, 2.75) is 58.9 Å². The molecule has 1 aromatic carbocycles. The minimum atomic E-state index is 0.0278. The van der Waals surface area contributed by atoms with Crippen LogP contribution in [0.1, 0.15) is 67.4 Å². The van der Waals surface area contributed by atoms with E-state index in [1.54, 1.807) is 6.20 Å². The van der Waals surface area contributed by atoms with E-state index in [4.69, 9.17) is 0 Å². The first kappa shape index (κ1) is 18.2. The highest BCUT2D eigenvalue weighted by molar-refractivity contribution is 6.11. The van der Waals surface area contributed by atoms with Crippen molar-refractivity contribution in [3.63, 3.8) is 0 Å². The molecule has 0 aliphatic rings. The molecule has 1 unspecified atom stereocenters. The van der Waals surface area contributed by atoms with Gasteiger partial charge in [0.05, 0.1) is 5.56 Å². The molecule has 128 valence electrons. The quantitative estimate of drug-likeness (QED) is 0.629. The summed E-state index contributed by atoms with van der Waals surface area (Å²) in [6.07, 6.45) is 7.44. The zero-order valence-electron chi connectivity index (χ0n) is 15.0. The molecule has 0 bridgehead atoms. The van der Waals surface area contributed by atoms with Gasteiger partial charge in [-0.15, -0.1) is 0 Å². The Bertz CT molecular complexity index is 666. The molecule has 3 nitrogen and oxygen atoms in total. The molecule has 0 radical (unpaired) electrons. The molecule has 0 aliphatic carbocycles. The maximum absolute atomic E-state index is 12.9. The third kappa shape index (κ3) is 4.92. The number of benzene rings is 1. The van der Waals surface area contributed by atoms with Crippen LogP contribution in [0.5, 0.6) is 0 Å². The van der Waals surface area contributed by atoms with Crippen LogP contribution in [0.4, 0.5) is 5.82 Å². The smallest absolute Gasteiger partial charge is 0.196 e. The Labute approximate surface area is 145 Å². The lowest BCUT2D eigenvalue weighted by molar-refractivity contribution is 0.103. The molecule has 2 rings (SSSR count). The lowest BCUT2D eigenvalue weighted by Gasteiger charge is -2.20. The van der Waals surface area contributed by atoms with Gasteiger partial charge in [0, 0.05) is 17.8 Å². The summed E-state index contributed by atoms with van der Waals surface area (Å²) in [7, 11) is 0. The second-order valence-electron chi connectivity index (χ2n) is 6.37. The molecule has 0 fully saturated rings. The molecule has 2 aromatic rings. The summed E-state index contributed by atoms with van der Waals surface area (Å²) >= 11 is 0. The number of aromatic nitrogens is 1. The molecule has 0 spiro atoms. The van der Waals surface area contributed by atoms with Gasteiger partial charge < -0.3 is 5.32 Å². The number of hydrogen-bond donors (Lipinski definition) is 1. The van der Waals surface area contributed by atoms with Crippen molar-refractivity contribution in [2.75, 3.05) is 5.32 Å². The van der Waals surface area contributed by atoms with Crippen LogP contribution >= 0.6 is 0 Å². The summed E-state index contributed by atoms with van der Waals surface area (Å²) in [5.41, 5.74) is 2.46. The summed E-state index contributed by atoms with van der Waals surface area (Å²) in [4.78, 5) is 17.3. The number of hydrogen-bond acceptors (Lipinski definition) is 3. The maximum Gasteiger partial charge on any atom is 0.196 e. The van der Waals surface area contributed by atoms with E-state index in [0.717, 1.165) is 24.8 Å². The van der Waals surface area contributed by atoms with E-state index in [1.807, 2.05) is 43.3 Å². The maximum atomic E-state index is 12.9. The van der Waals surface area contributed by atoms with Gasteiger partial charge in [-0.05, 0) is 38.0 Å². The van der Waals surface area contributed by atoms with E-state index in [1.165, 1.54) is 12.8 Å². The minimum absolute atomic E-state index is 0.0278. The molecule has 0 saturated carbocycles. The normalized spacial score (nSPS) is 12.0. The Kier molecular flexibility index (Phi) is 6.98. The lowest BCUT2D eigenvalue weighted by atomic mass is 10.0. The van der Waals surface area contributed by atoms with Crippen LogP contribution in [0, 0.1) is 6.92 Å². The van der Waals surface area contributed by atoms with E-state index >= 15 is 0 Å². The first-order chi connectivity index (χ1) is 11.7.